The first-order valence-corrected chi connectivity index (χ1v) is 6.37. The largest absolute Gasteiger partial charge is 0.441 e. The van der Waals surface area contributed by atoms with Gasteiger partial charge < -0.3 is 9.73 Å². The normalized spacial score (nSPS) is 10.7. The van der Waals surface area contributed by atoms with Gasteiger partial charge in [-0.1, -0.05) is 0 Å². The summed E-state index contributed by atoms with van der Waals surface area (Å²) < 4.78 is 5.41. The lowest BCUT2D eigenvalue weighted by Crippen LogP contribution is -2.01. The summed E-state index contributed by atoms with van der Waals surface area (Å²) in [5, 5.41) is 3.03. The minimum Gasteiger partial charge on any atom is -0.441 e. The van der Waals surface area contributed by atoms with Crippen molar-refractivity contribution >= 4 is 22.6 Å². The molecular formula is C16H14N2O2. The summed E-state index contributed by atoms with van der Waals surface area (Å²) in [6.45, 7) is 1.79. The predicted octanol–water partition coefficient (Wildman–Crippen LogP) is 3.41. The second kappa shape index (κ2) is 4.81. The zero-order valence-electron chi connectivity index (χ0n) is 11.3. The number of ketones is 1. The van der Waals surface area contributed by atoms with Crippen molar-refractivity contribution in [1.29, 1.82) is 0 Å². The molecule has 20 heavy (non-hydrogen) atoms. The van der Waals surface area contributed by atoms with Gasteiger partial charge in [-0.2, -0.15) is 0 Å². The maximum atomic E-state index is 12.4. The molecule has 0 saturated carbocycles. The van der Waals surface area contributed by atoms with Crippen LogP contribution in [0.25, 0.3) is 11.1 Å². The fourth-order valence-corrected chi connectivity index (χ4v) is 2.14. The molecule has 2 aromatic carbocycles. The van der Waals surface area contributed by atoms with Crippen molar-refractivity contribution in [3.63, 3.8) is 0 Å². The van der Waals surface area contributed by atoms with Gasteiger partial charge in [-0.15, -0.1) is 0 Å². The zero-order chi connectivity index (χ0) is 14.1. The zero-order valence-corrected chi connectivity index (χ0v) is 11.3. The van der Waals surface area contributed by atoms with Crippen molar-refractivity contribution < 1.29 is 9.21 Å². The highest BCUT2D eigenvalue weighted by atomic mass is 16.3. The molecule has 0 atom stereocenters. The maximum absolute atomic E-state index is 12.4. The molecule has 0 amide bonds. The van der Waals surface area contributed by atoms with Crippen LogP contribution < -0.4 is 5.32 Å². The van der Waals surface area contributed by atoms with Gasteiger partial charge in [0, 0.05) is 30.8 Å². The van der Waals surface area contributed by atoms with Gasteiger partial charge in [-0.05, 0) is 42.5 Å². The van der Waals surface area contributed by atoms with Crippen molar-refractivity contribution in [2.75, 3.05) is 12.4 Å². The molecule has 1 N–H and O–H groups in total. The number of anilines is 1. The molecule has 0 aliphatic rings. The van der Waals surface area contributed by atoms with E-state index >= 15 is 0 Å². The van der Waals surface area contributed by atoms with E-state index in [9.17, 15) is 4.79 Å². The third-order valence-corrected chi connectivity index (χ3v) is 3.19. The Morgan fingerprint density at radius 2 is 1.80 bits per heavy atom. The van der Waals surface area contributed by atoms with Crippen LogP contribution >= 0.6 is 0 Å². The van der Waals surface area contributed by atoms with Gasteiger partial charge in [-0.3, -0.25) is 4.79 Å². The molecule has 0 aliphatic heterocycles. The molecule has 0 bridgehead atoms. The van der Waals surface area contributed by atoms with E-state index in [2.05, 4.69) is 10.3 Å². The highest BCUT2D eigenvalue weighted by Crippen LogP contribution is 2.19. The third-order valence-electron chi connectivity index (χ3n) is 3.19. The van der Waals surface area contributed by atoms with Crippen molar-refractivity contribution in [2.24, 2.45) is 0 Å². The Labute approximate surface area is 116 Å². The second-order valence-corrected chi connectivity index (χ2v) is 4.57. The Balaban J connectivity index is 1.98. The number of rotatable bonds is 3. The first kappa shape index (κ1) is 12.4. The van der Waals surface area contributed by atoms with Crippen molar-refractivity contribution in [1.82, 2.24) is 4.98 Å². The molecule has 100 valence electrons. The van der Waals surface area contributed by atoms with E-state index in [1.807, 2.05) is 31.3 Å². The Bertz CT molecular complexity index is 773. The number of fused-ring (bicyclic) bond motifs is 1. The molecule has 0 spiro atoms. The lowest BCUT2D eigenvalue weighted by Gasteiger charge is -2.03. The van der Waals surface area contributed by atoms with Crippen molar-refractivity contribution in [3.8, 4) is 0 Å². The number of oxazole rings is 1. The van der Waals surface area contributed by atoms with E-state index in [0.29, 0.717) is 28.1 Å². The van der Waals surface area contributed by atoms with Gasteiger partial charge in [0.15, 0.2) is 17.3 Å². The van der Waals surface area contributed by atoms with Gasteiger partial charge in [0.2, 0.25) is 0 Å². The molecule has 3 aromatic rings. The molecular weight excluding hydrogens is 252 g/mol. The van der Waals surface area contributed by atoms with Crippen molar-refractivity contribution in [3.05, 3.63) is 59.5 Å². The topological polar surface area (TPSA) is 55.1 Å². The number of hydrogen-bond donors (Lipinski definition) is 1. The van der Waals surface area contributed by atoms with E-state index < -0.39 is 0 Å². The summed E-state index contributed by atoms with van der Waals surface area (Å²) in [7, 11) is 1.84. The molecule has 0 fully saturated rings. The Kier molecular flexibility index (Phi) is 2.99. The van der Waals surface area contributed by atoms with Gasteiger partial charge in [0.25, 0.3) is 0 Å². The fourth-order valence-electron chi connectivity index (χ4n) is 2.14. The van der Waals surface area contributed by atoms with E-state index in [1.54, 1.807) is 25.1 Å². The standard InChI is InChI=1S/C16H14N2O2/c1-10-18-14-9-12(5-8-15(14)20-10)16(19)11-3-6-13(17-2)7-4-11/h3-9,17H,1-2H3. The van der Waals surface area contributed by atoms with Crippen LogP contribution in [0.4, 0.5) is 5.69 Å². The fraction of sp³-hybridized carbons (Fsp3) is 0.125. The molecule has 4 heteroatoms. The van der Waals surface area contributed by atoms with E-state index in [0.717, 1.165) is 5.69 Å². The van der Waals surface area contributed by atoms with Crippen LogP contribution in [-0.4, -0.2) is 17.8 Å². The number of aromatic nitrogens is 1. The Morgan fingerprint density at radius 3 is 2.50 bits per heavy atom. The average molecular weight is 266 g/mol. The van der Waals surface area contributed by atoms with Crippen LogP contribution in [0.1, 0.15) is 21.8 Å². The molecule has 0 radical (unpaired) electrons. The predicted molar refractivity (Wildman–Crippen MR) is 78.2 cm³/mol. The quantitative estimate of drug-likeness (QED) is 0.738. The smallest absolute Gasteiger partial charge is 0.193 e. The van der Waals surface area contributed by atoms with E-state index in [4.69, 9.17) is 4.42 Å². The number of benzene rings is 2. The average Bonchev–Trinajstić information content (AvgIpc) is 2.85. The minimum atomic E-state index is -0.0183. The summed E-state index contributed by atoms with van der Waals surface area (Å²) in [5.74, 6) is 0.582. The van der Waals surface area contributed by atoms with Crippen LogP contribution in [0.2, 0.25) is 0 Å². The summed E-state index contributed by atoms with van der Waals surface area (Å²) >= 11 is 0. The molecule has 0 aliphatic carbocycles. The lowest BCUT2D eigenvalue weighted by molar-refractivity contribution is 0.103. The third kappa shape index (κ3) is 2.16. The number of nitrogens with zero attached hydrogens (tertiary/aromatic N) is 1. The summed E-state index contributed by atoms with van der Waals surface area (Å²) in [6, 6.07) is 12.7. The Hall–Kier alpha value is -2.62. The molecule has 0 saturated heterocycles. The van der Waals surface area contributed by atoms with Gasteiger partial charge in [0.1, 0.15) is 5.52 Å². The van der Waals surface area contributed by atoms with Crippen LogP contribution in [0.15, 0.2) is 46.9 Å². The number of hydrogen-bond acceptors (Lipinski definition) is 4. The molecule has 4 nitrogen and oxygen atoms in total. The van der Waals surface area contributed by atoms with Gasteiger partial charge >= 0.3 is 0 Å². The van der Waals surface area contributed by atoms with Crippen LogP contribution in [0.5, 0.6) is 0 Å². The van der Waals surface area contributed by atoms with E-state index in [1.165, 1.54) is 0 Å². The maximum Gasteiger partial charge on any atom is 0.193 e. The Morgan fingerprint density at radius 1 is 1.10 bits per heavy atom. The summed E-state index contributed by atoms with van der Waals surface area (Å²) in [6.07, 6.45) is 0. The first-order valence-electron chi connectivity index (χ1n) is 6.37. The minimum absolute atomic E-state index is 0.0183. The molecule has 1 aromatic heterocycles. The van der Waals surface area contributed by atoms with Crippen LogP contribution in [0.3, 0.4) is 0 Å². The monoisotopic (exact) mass is 266 g/mol. The summed E-state index contributed by atoms with van der Waals surface area (Å²) in [4.78, 5) is 16.7. The van der Waals surface area contributed by atoms with Gasteiger partial charge in [-0.25, -0.2) is 4.98 Å². The number of aryl methyl sites for hydroxylation is 1. The first-order chi connectivity index (χ1) is 9.67. The van der Waals surface area contributed by atoms with Gasteiger partial charge in [0.05, 0.1) is 0 Å². The molecule has 3 rings (SSSR count). The lowest BCUT2D eigenvalue weighted by atomic mass is 10.0. The highest BCUT2D eigenvalue weighted by molar-refractivity contribution is 6.10. The summed E-state index contributed by atoms with van der Waals surface area (Å²) in [5.41, 5.74) is 3.65. The number of carbonyl (C=O) groups excluding carboxylic acids is 1. The highest BCUT2D eigenvalue weighted by Gasteiger charge is 2.11. The second-order valence-electron chi connectivity index (χ2n) is 4.57. The van der Waals surface area contributed by atoms with Crippen molar-refractivity contribution in [2.45, 2.75) is 6.92 Å². The molecule has 1 heterocycles. The molecule has 0 unspecified atom stereocenters. The SMILES string of the molecule is CNc1ccc(C(=O)c2ccc3oc(C)nc3c2)cc1. The number of nitrogens with one attached hydrogen (secondary N) is 1. The van der Waals surface area contributed by atoms with Crippen LogP contribution in [0, 0.1) is 6.92 Å². The van der Waals surface area contributed by atoms with Crippen LogP contribution in [-0.2, 0) is 0 Å². The van der Waals surface area contributed by atoms with E-state index in [-0.39, 0.29) is 5.78 Å². The number of carbonyl (C=O) groups is 1.